The molecule has 3 atom stereocenters. The summed E-state index contributed by atoms with van der Waals surface area (Å²) in [7, 11) is -8.47. The van der Waals surface area contributed by atoms with Crippen molar-refractivity contribution in [3.8, 4) is 11.1 Å². The van der Waals surface area contributed by atoms with Crippen LogP contribution < -0.4 is 20.7 Å². The highest BCUT2D eigenvalue weighted by atomic mass is 35.5. The van der Waals surface area contributed by atoms with Gasteiger partial charge in [-0.1, -0.05) is 23.7 Å². The van der Waals surface area contributed by atoms with Crippen molar-refractivity contribution in [3.63, 3.8) is 0 Å². The number of amides is 2. The molecule has 0 saturated heterocycles. The molecule has 16 nitrogen and oxygen atoms in total. The molecule has 75 heavy (non-hydrogen) atoms. The normalized spacial score (nSPS) is 18.7. The van der Waals surface area contributed by atoms with Crippen molar-refractivity contribution >= 4 is 66.0 Å². The zero-order valence-electron chi connectivity index (χ0n) is 40.2. The molecule has 2 aliphatic rings. The number of aromatic nitrogens is 5. The molecule has 2 amide bonds. The number of hydrogen-bond donors (Lipinski definition) is 4. The quantitative estimate of drug-likeness (QED) is 0.0355. The number of carbonyl (C=O) groups excluding carboxylic acids is 2. The van der Waals surface area contributed by atoms with Crippen molar-refractivity contribution in [3.05, 3.63) is 93.0 Å². The first-order valence-electron chi connectivity index (χ1n) is 22.8. The Labute approximate surface area is 427 Å². The number of alkyl halides is 8. The van der Waals surface area contributed by atoms with Gasteiger partial charge in [-0.2, -0.15) is 40.8 Å². The fraction of sp³-hybridized carbons (Fsp3) is 0.478. The Bertz CT molecular complexity index is 3270. The second-order valence-corrected chi connectivity index (χ2v) is 24.2. The minimum Gasteiger partial charge on any atom is -0.370 e. The van der Waals surface area contributed by atoms with Crippen LogP contribution in [0.15, 0.2) is 42.5 Å². The van der Waals surface area contributed by atoms with Gasteiger partial charge >= 0.3 is 12.4 Å². The predicted molar refractivity (Wildman–Crippen MR) is 255 cm³/mol. The average Bonchev–Trinajstić information content (AvgIpc) is 3.82. The maximum atomic E-state index is 14.9. The molecule has 0 bridgehead atoms. The number of aryl methyl sites for hydroxylation is 1. The third kappa shape index (κ3) is 12.5. The van der Waals surface area contributed by atoms with Crippen LogP contribution in [0.3, 0.4) is 0 Å². The first kappa shape index (κ1) is 56.7. The van der Waals surface area contributed by atoms with Crippen LogP contribution in [-0.2, 0) is 68.2 Å². The Morgan fingerprint density at radius 3 is 2.12 bits per heavy atom. The lowest BCUT2D eigenvalue weighted by molar-refractivity contribution is -0.143. The highest BCUT2D eigenvalue weighted by molar-refractivity contribution is 7.93. The number of nitrogens with zero attached hydrogens (tertiary/aromatic N) is 6. The number of sulfone groups is 1. The summed E-state index contributed by atoms with van der Waals surface area (Å²) in [6.07, 6.45) is -9.70. The standard InChI is InChI=1S/C46H49ClF10N10O6S2/c1-44(2,74(3,70)71)10-9-27-5-6-29(30-7-8-32(47)37-39(30)66(21-45(52,53)54)64-41(37)67(75(4,72)73)42(69)23-14-28(15-23)61-43(58)59)38(60-27)33(13-22-11-25(50)17-26(51)12-22)62-35(68)20-65-34(19-49)36(31-16-24(31)18-48)40(63-65)46(55,56)57/h5-8,11-12,17,23-24,28,31,33H,9-10,13-16,18-21H2,1-4H3,(H,62,68)(H4,58,59,61)/t23-,24?,28-,31-,33-/m0/s1. The van der Waals surface area contributed by atoms with Crippen LogP contribution in [0.5, 0.6) is 0 Å². The Kier molecular flexibility index (Phi) is 15.7. The van der Waals surface area contributed by atoms with Crippen LogP contribution in [0.4, 0.5) is 49.7 Å². The van der Waals surface area contributed by atoms with Crippen molar-refractivity contribution < 1.29 is 70.3 Å². The minimum atomic E-state index is -5.18. The summed E-state index contributed by atoms with van der Waals surface area (Å²) in [6.45, 7) is -2.82. The number of benzene rings is 2. The Morgan fingerprint density at radius 1 is 0.933 bits per heavy atom. The maximum Gasteiger partial charge on any atom is 0.435 e. The zero-order valence-corrected chi connectivity index (χ0v) is 42.6. The summed E-state index contributed by atoms with van der Waals surface area (Å²) in [4.78, 5) is 33.1. The molecule has 2 aromatic carbocycles. The lowest BCUT2D eigenvalue weighted by Gasteiger charge is -2.36. The minimum absolute atomic E-state index is 0.0457. The first-order chi connectivity index (χ1) is 34.7. The lowest BCUT2D eigenvalue weighted by atomic mass is 9.79. The molecule has 2 saturated carbocycles. The van der Waals surface area contributed by atoms with E-state index in [1.807, 2.05) is 0 Å². The third-order valence-corrected chi connectivity index (χ3v) is 16.8. The number of rotatable bonds is 19. The van der Waals surface area contributed by atoms with E-state index in [2.05, 4.69) is 20.8 Å². The van der Waals surface area contributed by atoms with Gasteiger partial charge in [0, 0.05) is 46.7 Å². The monoisotopic (exact) mass is 1130 g/mol. The lowest BCUT2D eigenvalue weighted by Crippen LogP contribution is -2.52. The van der Waals surface area contributed by atoms with Gasteiger partial charge in [-0.05, 0) is 94.0 Å². The number of nitrogens with one attached hydrogen (secondary N) is 3. The van der Waals surface area contributed by atoms with Gasteiger partial charge in [0.15, 0.2) is 27.3 Å². The van der Waals surface area contributed by atoms with Crippen LogP contribution >= 0.6 is 11.6 Å². The molecule has 0 spiro atoms. The smallest absolute Gasteiger partial charge is 0.370 e. The Hall–Kier alpha value is -6.03. The number of halogens is 11. The van der Waals surface area contributed by atoms with Gasteiger partial charge in [-0.25, -0.2) is 30.0 Å². The van der Waals surface area contributed by atoms with Gasteiger partial charge < -0.3 is 16.4 Å². The summed E-state index contributed by atoms with van der Waals surface area (Å²) in [5.41, 5.74) is 1.06. The molecule has 2 aliphatic carbocycles. The van der Waals surface area contributed by atoms with Crippen LogP contribution in [0.1, 0.15) is 85.4 Å². The second-order valence-electron chi connectivity index (χ2n) is 19.3. The van der Waals surface area contributed by atoms with Gasteiger partial charge in [0.05, 0.1) is 51.0 Å². The van der Waals surface area contributed by atoms with E-state index in [9.17, 15) is 70.3 Å². The van der Waals surface area contributed by atoms with Gasteiger partial charge in [0.1, 0.15) is 31.4 Å². The van der Waals surface area contributed by atoms with E-state index >= 15 is 0 Å². The second kappa shape index (κ2) is 20.8. The van der Waals surface area contributed by atoms with Gasteiger partial charge in [-0.3, -0.25) is 33.7 Å². The van der Waals surface area contributed by atoms with Crippen LogP contribution in [-0.4, -0.2) is 95.3 Å². The van der Waals surface area contributed by atoms with E-state index in [1.165, 1.54) is 32.0 Å². The van der Waals surface area contributed by atoms with Crippen molar-refractivity contribution in [1.82, 2.24) is 35.2 Å². The van der Waals surface area contributed by atoms with Crippen molar-refractivity contribution in [2.75, 3.05) is 23.5 Å². The van der Waals surface area contributed by atoms with E-state index in [0.717, 1.165) is 24.5 Å². The van der Waals surface area contributed by atoms with E-state index in [-0.39, 0.29) is 64.5 Å². The molecule has 3 aromatic heterocycles. The largest absolute Gasteiger partial charge is 0.435 e. The number of nitrogens with two attached hydrogens (primary N) is 1. The fourth-order valence-electron chi connectivity index (χ4n) is 9.13. The summed E-state index contributed by atoms with van der Waals surface area (Å²) in [5, 5.41) is 19.3. The summed E-state index contributed by atoms with van der Waals surface area (Å²) >= 11 is 6.72. The molecule has 1 unspecified atom stereocenters. The Balaban J connectivity index is 1.44. The van der Waals surface area contributed by atoms with Gasteiger partial charge in [0.25, 0.3) is 0 Å². The fourth-order valence-corrected chi connectivity index (χ4v) is 10.8. The van der Waals surface area contributed by atoms with Crippen molar-refractivity contribution in [1.29, 1.82) is 5.41 Å². The molecule has 3 heterocycles. The summed E-state index contributed by atoms with van der Waals surface area (Å²) in [5.74, 6) is -8.85. The number of fused-ring (bicyclic) bond motifs is 1. The highest BCUT2D eigenvalue weighted by Crippen LogP contribution is 2.52. The SMILES string of the molecule is CC(C)(CCc1ccc(-c2ccc(Cl)c3c(N(C(=O)[C@H]4C[C@H](NC(=N)N)C4)S(C)(=O)=O)nn(CC(F)(F)F)c23)c([C@H](Cc2cc(F)cc(F)c2)NC(=O)Cn2nc(C(F)(F)F)c([C@H]3CC3CF)c2CF)n1)S(C)(=O)=O. The maximum absolute atomic E-state index is 14.9. The number of sulfonamides is 1. The summed E-state index contributed by atoms with van der Waals surface area (Å²) in [6, 6.07) is 4.95. The van der Waals surface area contributed by atoms with Crippen molar-refractivity contribution in [2.24, 2.45) is 17.6 Å². The molecular formula is C46H49ClF10N10O6S2. The number of pyridine rings is 1. The number of carbonyl (C=O) groups is 2. The number of guanidine groups is 1. The van der Waals surface area contributed by atoms with Crippen LogP contribution in [0, 0.1) is 28.9 Å². The van der Waals surface area contributed by atoms with E-state index in [1.54, 1.807) is 0 Å². The first-order valence-corrected chi connectivity index (χ1v) is 27.0. The molecule has 29 heteroatoms. The average molecular weight is 1130 g/mol. The number of anilines is 1. The van der Waals surface area contributed by atoms with Gasteiger partial charge in [0.2, 0.25) is 21.8 Å². The van der Waals surface area contributed by atoms with E-state index in [4.69, 9.17) is 27.7 Å². The molecule has 0 radical (unpaired) electrons. The Morgan fingerprint density at radius 2 is 1.57 bits per heavy atom. The number of hydrogen-bond acceptors (Lipinski definition) is 10. The zero-order chi connectivity index (χ0) is 55.5. The third-order valence-electron chi connectivity index (χ3n) is 13.3. The molecule has 2 fully saturated rings. The molecule has 7 rings (SSSR count). The molecule has 408 valence electrons. The topological polar surface area (TPSA) is 228 Å². The van der Waals surface area contributed by atoms with Crippen molar-refractivity contribution in [2.45, 2.75) is 107 Å². The molecule has 0 aliphatic heterocycles. The predicted octanol–water partition coefficient (Wildman–Crippen LogP) is 7.76. The highest BCUT2D eigenvalue weighted by Gasteiger charge is 2.49. The summed E-state index contributed by atoms with van der Waals surface area (Å²) < 4.78 is 197. The van der Waals surface area contributed by atoms with E-state index < -0.39 is 168 Å². The molecular weight excluding hydrogens is 1080 g/mol. The molecule has 5 aromatic rings. The molecule has 5 N–H and O–H groups in total. The van der Waals surface area contributed by atoms with Crippen LogP contribution in [0.25, 0.3) is 22.0 Å². The van der Waals surface area contributed by atoms with Gasteiger partial charge in [-0.15, -0.1) is 0 Å². The van der Waals surface area contributed by atoms with E-state index in [0.29, 0.717) is 21.7 Å². The van der Waals surface area contributed by atoms with Crippen LogP contribution in [0.2, 0.25) is 5.02 Å².